The number of ketones is 1. The molecule has 0 bridgehead atoms. The third-order valence-electron chi connectivity index (χ3n) is 7.33. The third-order valence-corrected chi connectivity index (χ3v) is 9.24. The average molecular weight is 719 g/mol. The van der Waals surface area contributed by atoms with E-state index >= 15 is 0 Å². The SMILES string of the molecule is C=C(CNC(=O)CS)NCC(=O)NCC(=O)C(N)CCCS(=O)(=O)NC(=O)Cc1c(C)n(C(=O)c2ccc(Cl)cc2)c2ccc(C)cc12. The zero-order valence-corrected chi connectivity index (χ0v) is 29.1. The number of nitrogens with zero attached hydrogens (tertiary/aromatic N) is 1. The number of aromatic nitrogens is 1. The van der Waals surface area contributed by atoms with Gasteiger partial charge in [0.2, 0.25) is 27.7 Å². The van der Waals surface area contributed by atoms with Gasteiger partial charge in [-0.1, -0.05) is 29.8 Å². The molecule has 0 saturated carbocycles. The molecule has 1 aromatic heterocycles. The summed E-state index contributed by atoms with van der Waals surface area (Å²) in [5.41, 5.74) is 9.17. The Morgan fingerprint density at radius 2 is 1.60 bits per heavy atom. The first kappa shape index (κ1) is 38.3. The summed E-state index contributed by atoms with van der Waals surface area (Å²) in [5.74, 6) is -2.85. The van der Waals surface area contributed by atoms with E-state index in [1.54, 1.807) is 37.3 Å². The van der Waals surface area contributed by atoms with Gasteiger partial charge in [-0.05, 0) is 68.7 Å². The maximum atomic E-state index is 13.5. The van der Waals surface area contributed by atoms with Crippen LogP contribution in [0.2, 0.25) is 5.02 Å². The lowest BCUT2D eigenvalue weighted by molar-refractivity contribution is -0.125. The maximum absolute atomic E-state index is 13.5. The number of carbonyl (C=O) groups excluding carboxylic acids is 5. The van der Waals surface area contributed by atoms with Gasteiger partial charge < -0.3 is 21.7 Å². The molecule has 16 heteroatoms. The van der Waals surface area contributed by atoms with E-state index in [0.29, 0.717) is 38.4 Å². The van der Waals surface area contributed by atoms with Crippen molar-refractivity contribution in [1.82, 2.24) is 25.2 Å². The molecule has 13 nitrogen and oxygen atoms in total. The molecule has 258 valence electrons. The number of nitrogens with two attached hydrogens (primary N) is 1. The smallest absolute Gasteiger partial charge is 0.262 e. The lowest BCUT2D eigenvalue weighted by Crippen LogP contribution is -2.43. The zero-order chi connectivity index (χ0) is 35.6. The molecule has 6 N–H and O–H groups in total. The van der Waals surface area contributed by atoms with Crippen LogP contribution in [0.3, 0.4) is 0 Å². The Labute approximate surface area is 289 Å². The molecule has 0 saturated heterocycles. The second-order valence-electron chi connectivity index (χ2n) is 11.1. The molecule has 0 aliphatic heterocycles. The second kappa shape index (κ2) is 17.3. The van der Waals surface area contributed by atoms with E-state index in [2.05, 4.69) is 39.9 Å². The molecular weight excluding hydrogens is 680 g/mol. The van der Waals surface area contributed by atoms with Crippen LogP contribution >= 0.6 is 24.2 Å². The number of sulfonamides is 1. The molecule has 3 rings (SSSR count). The fraction of sp³-hybridized carbons (Fsp3) is 0.344. The summed E-state index contributed by atoms with van der Waals surface area (Å²) in [6.07, 6.45) is -0.311. The third kappa shape index (κ3) is 10.9. The number of hydrogen-bond donors (Lipinski definition) is 6. The molecule has 0 radical (unpaired) electrons. The van der Waals surface area contributed by atoms with Gasteiger partial charge in [-0.2, -0.15) is 12.6 Å². The predicted octanol–water partition coefficient (Wildman–Crippen LogP) is 1.53. The van der Waals surface area contributed by atoms with Crippen LogP contribution in [0.4, 0.5) is 0 Å². The Morgan fingerprint density at radius 1 is 0.938 bits per heavy atom. The van der Waals surface area contributed by atoms with E-state index in [4.69, 9.17) is 17.3 Å². The number of rotatable bonds is 17. The van der Waals surface area contributed by atoms with Crippen molar-refractivity contribution in [2.24, 2.45) is 5.73 Å². The van der Waals surface area contributed by atoms with Crippen molar-refractivity contribution in [2.75, 3.05) is 31.1 Å². The standard InChI is InChI=1S/C32H39ClN6O7S2/c1-19-6-11-27-25(13-19)24(21(3)39(27)32(44)22-7-9-23(33)10-8-22)14-29(41)38-48(45,46)12-4-5-26(34)28(40)16-37-30(42)17-35-20(2)15-36-31(43)18-47/h6-11,13,26,35,47H,2,4-5,12,14-18,34H2,1,3H3,(H,36,43)(H,37,42)(H,38,41). The van der Waals surface area contributed by atoms with Gasteiger partial charge in [0, 0.05) is 27.4 Å². The number of benzene rings is 2. The molecule has 0 spiro atoms. The minimum absolute atomic E-state index is 0.00236. The molecule has 0 fully saturated rings. The molecule has 1 unspecified atom stereocenters. The van der Waals surface area contributed by atoms with Crippen molar-refractivity contribution < 1.29 is 32.4 Å². The number of thiol groups is 1. The Kier molecular flexibility index (Phi) is 13.8. The Bertz CT molecular complexity index is 1820. The first-order valence-electron chi connectivity index (χ1n) is 14.9. The minimum atomic E-state index is -4.08. The molecule has 48 heavy (non-hydrogen) atoms. The number of halogens is 1. The highest BCUT2D eigenvalue weighted by Gasteiger charge is 2.24. The summed E-state index contributed by atoms with van der Waals surface area (Å²) in [7, 11) is -4.08. The van der Waals surface area contributed by atoms with Gasteiger partial charge in [0.1, 0.15) is 0 Å². The van der Waals surface area contributed by atoms with E-state index in [1.165, 1.54) is 4.57 Å². The summed E-state index contributed by atoms with van der Waals surface area (Å²) in [6.45, 7) is 6.81. The molecule has 3 amide bonds. The molecule has 0 aliphatic carbocycles. The normalized spacial score (nSPS) is 11.9. The van der Waals surface area contributed by atoms with Gasteiger partial charge in [-0.3, -0.25) is 33.3 Å². The number of fused-ring (bicyclic) bond motifs is 1. The van der Waals surface area contributed by atoms with E-state index in [1.807, 2.05) is 19.1 Å². The van der Waals surface area contributed by atoms with Crippen LogP contribution in [-0.2, 0) is 35.6 Å². The first-order valence-corrected chi connectivity index (χ1v) is 17.6. The number of Topliss-reactive ketones (excluding diaryl/α,β-unsaturated/α-hetero) is 1. The summed E-state index contributed by atoms with van der Waals surface area (Å²) in [5, 5.41) is 8.80. The van der Waals surface area contributed by atoms with Crippen molar-refractivity contribution in [3.05, 3.63) is 82.1 Å². The number of amides is 3. The highest BCUT2D eigenvalue weighted by atomic mass is 35.5. The van der Waals surface area contributed by atoms with Gasteiger partial charge in [-0.25, -0.2) is 8.42 Å². The Morgan fingerprint density at radius 3 is 2.27 bits per heavy atom. The van der Waals surface area contributed by atoms with Crippen molar-refractivity contribution in [1.29, 1.82) is 0 Å². The monoisotopic (exact) mass is 718 g/mol. The molecule has 0 aliphatic rings. The largest absolute Gasteiger partial charge is 0.379 e. The van der Waals surface area contributed by atoms with E-state index < -0.39 is 39.4 Å². The number of nitrogens with one attached hydrogen (secondary N) is 4. The van der Waals surface area contributed by atoms with Gasteiger partial charge in [0.05, 0.1) is 49.1 Å². The van der Waals surface area contributed by atoms with Crippen molar-refractivity contribution in [3.8, 4) is 0 Å². The highest BCUT2D eigenvalue weighted by molar-refractivity contribution is 7.90. The van der Waals surface area contributed by atoms with Crippen LogP contribution in [-0.4, -0.2) is 79.6 Å². The summed E-state index contributed by atoms with van der Waals surface area (Å²) in [6, 6.07) is 10.9. The zero-order valence-electron chi connectivity index (χ0n) is 26.6. The van der Waals surface area contributed by atoms with Crippen LogP contribution in [0.1, 0.15) is 40.0 Å². The van der Waals surface area contributed by atoms with Crippen molar-refractivity contribution in [2.45, 2.75) is 39.2 Å². The molecule has 2 aromatic carbocycles. The van der Waals surface area contributed by atoms with E-state index in [0.717, 1.165) is 5.56 Å². The number of aryl methyl sites for hydroxylation is 1. The van der Waals surface area contributed by atoms with Crippen LogP contribution < -0.4 is 26.4 Å². The van der Waals surface area contributed by atoms with Crippen molar-refractivity contribution in [3.63, 3.8) is 0 Å². The first-order chi connectivity index (χ1) is 22.6. The fourth-order valence-corrected chi connectivity index (χ4v) is 6.09. The van der Waals surface area contributed by atoms with Gasteiger partial charge in [0.25, 0.3) is 5.91 Å². The van der Waals surface area contributed by atoms with Gasteiger partial charge >= 0.3 is 0 Å². The van der Waals surface area contributed by atoms with Crippen LogP contribution in [0.25, 0.3) is 10.9 Å². The Balaban J connectivity index is 1.52. The Hall–Kier alpha value is -4.18. The highest BCUT2D eigenvalue weighted by Crippen LogP contribution is 2.29. The molecule has 3 aromatic rings. The summed E-state index contributed by atoms with van der Waals surface area (Å²) < 4.78 is 29.0. The lowest BCUT2D eigenvalue weighted by Gasteiger charge is -2.13. The fourth-order valence-electron chi connectivity index (χ4n) is 4.79. The van der Waals surface area contributed by atoms with E-state index in [-0.39, 0.29) is 56.5 Å². The maximum Gasteiger partial charge on any atom is 0.262 e. The van der Waals surface area contributed by atoms with Crippen LogP contribution in [0.15, 0.2) is 54.7 Å². The number of hydrogen-bond acceptors (Lipinski definition) is 10. The average Bonchev–Trinajstić information content (AvgIpc) is 3.30. The lowest BCUT2D eigenvalue weighted by atomic mass is 10.1. The number of carbonyl (C=O) groups is 5. The summed E-state index contributed by atoms with van der Waals surface area (Å²) >= 11 is 9.81. The van der Waals surface area contributed by atoms with Crippen LogP contribution in [0, 0.1) is 13.8 Å². The molecule has 1 atom stereocenters. The molecular formula is C32H39ClN6O7S2. The topological polar surface area (TPSA) is 199 Å². The predicted molar refractivity (Wildman–Crippen MR) is 187 cm³/mol. The van der Waals surface area contributed by atoms with Crippen LogP contribution in [0.5, 0.6) is 0 Å². The molecule has 1 heterocycles. The second-order valence-corrected chi connectivity index (χ2v) is 13.7. The minimum Gasteiger partial charge on any atom is -0.379 e. The van der Waals surface area contributed by atoms with Gasteiger partial charge in [0.15, 0.2) is 5.78 Å². The van der Waals surface area contributed by atoms with Gasteiger partial charge in [-0.15, -0.1) is 0 Å². The summed E-state index contributed by atoms with van der Waals surface area (Å²) in [4.78, 5) is 62.0. The van der Waals surface area contributed by atoms with E-state index in [9.17, 15) is 32.4 Å². The quantitative estimate of drug-likeness (QED) is 0.112. The van der Waals surface area contributed by atoms with Crippen molar-refractivity contribution >= 4 is 74.6 Å².